The number of hydrogen-bond donors (Lipinski definition) is 1. The van der Waals surface area contributed by atoms with Crippen molar-refractivity contribution >= 4 is 28.9 Å². The number of furan rings is 1. The zero-order valence-electron chi connectivity index (χ0n) is 18.2. The Bertz CT molecular complexity index is 1110. The number of nitrogens with one attached hydrogen (secondary N) is 1. The van der Waals surface area contributed by atoms with Crippen LogP contribution in [-0.2, 0) is 4.79 Å². The number of piperidine rings is 1. The van der Waals surface area contributed by atoms with Gasteiger partial charge < -0.3 is 14.6 Å². The van der Waals surface area contributed by atoms with E-state index >= 15 is 0 Å². The first kappa shape index (κ1) is 21.5. The van der Waals surface area contributed by atoms with Gasteiger partial charge in [-0.3, -0.25) is 9.59 Å². The second kappa shape index (κ2) is 9.60. The lowest BCUT2D eigenvalue weighted by Crippen LogP contribution is -2.41. The summed E-state index contributed by atoms with van der Waals surface area (Å²) in [5, 5.41) is 11.7. The van der Waals surface area contributed by atoms with Gasteiger partial charge in [0, 0.05) is 19.0 Å². The molecule has 1 N–H and O–H groups in total. The van der Waals surface area contributed by atoms with E-state index < -0.39 is 0 Å². The molecule has 0 unspecified atom stereocenters. The van der Waals surface area contributed by atoms with E-state index in [1.807, 2.05) is 56.3 Å². The molecule has 0 spiro atoms. The lowest BCUT2D eigenvalue weighted by atomic mass is 9.95. The molecule has 2 heterocycles. The number of azo groups is 1. The Balaban J connectivity index is 1.40. The molecule has 7 nitrogen and oxygen atoms in total. The van der Waals surface area contributed by atoms with Crippen molar-refractivity contribution in [1.82, 2.24) is 4.90 Å². The van der Waals surface area contributed by atoms with Crippen LogP contribution in [0.3, 0.4) is 0 Å². The summed E-state index contributed by atoms with van der Waals surface area (Å²) in [4.78, 5) is 27.1. The Morgan fingerprint density at radius 2 is 1.69 bits per heavy atom. The molecule has 2 amide bonds. The van der Waals surface area contributed by atoms with Crippen molar-refractivity contribution in [3.05, 3.63) is 77.7 Å². The Morgan fingerprint density at radius 1 is 0.969 bits per heavy atom. The molecule has 1 saturated heterocycles. The average molecular weight is 431 g/mol. The van der Waals surface area contributed by atoms with E-state index in [4.69, 9.17) is 4.42 Å². The second-order valence-corrected chi connectivity index (χ2v) is 8.09. The van der Waals surface area contributed by atoms with Gasteiger partial charge in [0.15, 0.2) is 5.76 Å². The van der Waals surface area contributed by atoms with Crippen LogP contribution in [0, 0.1) is 19.8 Å². The van der Waals surface area contributed by atoms with Gasteiger partial charge in [0.2, 0.25) is 5.91 Å². The van der Waals surface area contributed by atoms with E-state index in [9.17, 15) is 9.59 Å². The first-order chi connectivity index (χ1) is 15.5. The summed E-state index contributed by atoms with van der Waals surface area (Å²) in [6.45, 7) is 5.03. The molecule has 1 aromatic heterocycles. The molecule has 164 valence electrons. The van der Waals surface area contributed by atoms with Gasteiger partial charge in [-0.15, -0.1) is 5.11 Å². The van der Waals surface area contributed by atoms with E-state index in [0.29, 0.717) is 43.1 Å². The zero-order chi connectivity index (χ0) is 22.5. The van der Waals surface area contributed by atoms with Gasteiger partial charge in [0.1, 0.15) is 5.69 Å². The minimum Gasteiger partial charge on any atom is -0.459 e. The summed E-state index contributed by atoms with van der Waals surface area (Å²) in [7, 11) is 0. The van der Waals surface area contributed by atoms with Crippen LogP contribution in [0.5, 0.6) is 0 Å². The summed E-state index contributed by atoms with van der Waals surface area (Å²) in [5.74, 6) is -0.0353. The van der Waals surface area contributed by atoms with Crippen molar-refractivity contribution in [2.24, 2.45) is 16.1 Å². The maximum absolute atomic E-state index is 12.9. The van der Waals surface area contributed by atoms with Gasteiger partial charge in [-0.25, -0.2) is 0 Å². The number of rotatable bonds is 5. The van der Waals surface area contributed by atoms with Crippen molar-refractivity contribution in [2.45, 2.75) is 26.7 Å². The molecule has 2 aromatic carbocycles. The average Bonchev–Trinajstić information content (AvgIpc) is 3.35. The molecule has 4 rings (SSSR count). The van der Waals surface area contributed by atoms with Crippen LogP contribution in [-0.4, -0.2) is 29.8 Å². The lowest BCUT2D eigenvalue weighted by Gasteiger charge is -2.30. The quantitative estimate of drug-likeness (QED) is 0.519. The molecule has 0 aliphatic carbocycles. The summed E-state index contributed by atoms with van der Waals surface area (Å²) >= 11 is 0. The van der Waals surface area contributed by atoms with Gasteiger partial charge in [-0.05, 0) is 68.7 Å². The van der Waals surface area contributed by atoms with Crippen LogP contribution in [0.15, 0.2) is 75.5 Å². The predicted molar refractivity (Wildman–Crippen MR) is 122 cm³/mol. The molecule has 32 heavy (non-hydrogen) atoms. The third kappa shape index (κ3) is 5.11. The Kier molecular flexibility index (Phi) is 6.44. The van der Waals surface area contributed by atoms with Crippen LogP contribution >= 0.6 is 0 Å². The maximum atomic E-state index is 12.9. The summed E-state index contributed by atoms with van der Waals surface area (Å²) in [5.41, 5.74) is 4.19. The Labute approximate surface area is 187 Å². The highest BCUT2D eigenvalue weighted by Crippen LogP contribution is 2.30. The number of amides is 2. The van der Waals surface area contributed by atoms with E-state index in [-0.39, 0.29) is 17.7 Å². The highest BCUT2D eigenvalue weighted by Gasteiger charge is 2.29. The Hall–Kier alpha value is -3.74. The predicted octanol–water partition coefficient (Wildman–Crippen LogP) is 5.80. The lowest BCUT2D eigenvalue weighted by molar-refractivity contribution is -0.121. The van der Waals surface area contributed by atoms with E-state index in [2.05, 4.69) is 15.5 Å². The minimum absolute atomic E-state index is 0.0641. The van der Waals surface area contributed by atoms with Gasteiger partial charge >= 0.3 is 0 Å². The Morgan fingerprint density at radius 3 is 2.38 bits per heavy atom. The summed E-state index contributed by atoms with van der Waals surface area (Å²) < 4.78 is 5.20. The van der Waals surface area contributed by atoms with Gasteiger partial charge in [-0.2, -0.15) is 5.11 Å². The normalized spacial score (nSPS) is 14.6. The highest BCUT2D eigenvalue weighted by molar-refractivity contribution is 5.96. The number of aryl methyl sites for hydroxylation is 2. The van der Waals surface area contributed by atoms with Crippen LogP contribution < -0.4 is 5.32 Å². The summed E-state index contributed by atoms with van der Waals surface area (Å²) in [6.07, 6.45) is 2.69. The second-order valence-electron chi connectivity index (χ2n) is 8.09. The number of benzene rings is 2. The van der Waals surface area contributed by atoms with Crippen LogP contribution in [0.2, 0.25) is 0 Å². The van der Waals surface area contributed by atoms with E-state index in [1.165, 1.54) is 6.26 Å². The summed E-state index contributed by atoms with van der Waals surface area (Å²) in [6, 6.07) is 16.8. The third-order valence-corrected chi connectivity index (χ3v) is 5.60. The molecule has 0 radical (unpaired) electrons. The number of nitrogens with zero attached hydrogens (tertiary/aromatic N) is 3. The van der Waals surface area contributed by atoms with Gasteiger partial charge in [-0.1, -0.05) is 23.8 Å². The van der Waals surface area contributed by atoms with Crippen molar-refractivity contribution in [2.75, 3.05) is 18.4 Å². The van der Waals surface area contributed by atoms with Crippen LogP contribution in [0.1, 0.15) is 34.5 Å². The number of carbonyl (C=O) groups excluding carboxylic acids is 2. The molecular weight excluding hydrogens is 404 g/mol. The van der Waals surface area contributed by atoms with Crippen LogP contribution in [0.4, 0.5) is 17.1 Å². The number of carbonyl (C=O) groups is 2. The van der Waals surface area contributed by atoms with Crippen molar-refractivity contribution in [3.63, 3.8) is 0 Å². The molecule has 0 saturated carbocycles. The van der Waals surface area contributed by atoms with Gasteiger partial charge in [0.05, 0.1) is 17.6 Å². The maximum Gasteiger partial charge on any atom is 0.289 e. The van der Waals surface area contributed by atoms with Crippen LogP contribution in [0.25, 0.3) is 0 Å². The molecular formula is C25H26N4O3. The smallest absolute Gasteiger partial charge is 0.289 e. The van der Waals surface area contributed by atoms with E-state index in [0.717, 1.165) is 16.8 Å². The number of likely N-dealkylation sites (tertiary alicyclic amines) is 1. The van der Waals surface area contributed by atoms with Crippen molar-refractivity contribution in [1.29, 1.82) is 0 Å². The fourth-order valence-corrected chi connectivity index (χ4v) is 3.69. The fourth-order valence-electron chi connectivity index (χ4n) is 3.69. The SMILES string of the molecule is Cc1ccc(N=Nc2cc(C)ccc2NC(=O)C2CCN(C(=O)c3ccco3)CC2)cc1. The fraction of sp³-hybridized carbons (Fsp3) is 0.280. The zero-order valence-corrected chi connectivity index (χ0v) is 18.2. The third-order valence-electron chi connectivity index (χ3n) is 5.60. The number of hydrogen-bond acceptors (Lipinski definition) is 5. The standard InChI is InChI=1S/C25H26N4O3/c1-17-5-8-20(9-6-17)27-28-22-16-18(2)7-10-21(22)26-24(30)19-11-13-29(14-12-19)25(31)23-4-3-15-32-23/h3-10,15-16,19H,11-14H2,1-2H3,(H,26,30). The largest absolute Gasteiger partial charge is 0.459 e. The first-order valence-electron chi connectivity index (χ1n) is 10.7. The number of anilines is 1. The molecule has 1 fully saturated rings. The van der Waals surface area contributed by atoms with Crippen molar-refractivity contribution in [3.8, 4) is 0 Å². The first-order valence-corrected chi connectivity index (χ1v) is 10.7. The molecule has 3 aromatic rings. The minimum atomic E-state index is -0.168. The topological polar surface area (TPSA) is 87.3 Å². The highest BCUT2D eigenvalue weighted by atomic mass is 16.3. The van der Waals surface area contributed by atoms with Crippen molar-refractivity contribution < 1.29 is 14.0 Å². The molecule has 1 aliphatic heterocycles. The molecule has 7 heteroatoms. The molecule has 1 aliphatic rings. The molecule has 0 atom stereocenters. The van der Waals surface area contributed by atoms with Gasteiger partial charge in [0.25, 0.3) is 5.91 Å². The molecule has 0 bridgehead atoms. The van der Waals surface area contributed by atoms with E-state index in [1.54, 1.807) is 17.0 Å². The monoisotopic (exact) mass is 430 g/mol.